The Morgan fingerprint density at radius 2 is 2.22 bits per heavy atom. The monoisotopic (exact) mass is 257 g/mol. The lowest BCUT2D eigenvalue weighted by atomic mass is 9.92. The average Bonchev–Trinajstić information content (AvgIpc) is 2.33. The number of likely N-dealkylation sites (tertiary alicyclic amines) is 1. The van der Waals surface area contributed by atoms with Crippen molar-refractivity contribution >= 4 is 11.9 Å². The van der Waals surface area contributed by atoms with Gasteiger partial charge in [0.05, 0.1) is 25.6 Å². The first-order chi connectivity index (χ1) is 8.50. The molecule has 0 aromatic rings. The molecule has 0 spiro atoms. The predicted octanol–water partition coefficient (Wildman–Crippen LogP) is 0.115. The number of hydrogen-bond acceptors (Lipinski definition) is 4. The van der Waals surface area contributed by atoms with E-state index in [9.17, 15) is 9.59 Å². The Morgan fingerprint density at radius 1 is 1.50 bits per heavy atom. The smallest absolute Gasteiger partial charge is 0.329 e. The van der Waals surface area contributed by atoms with Gasteiger partial charge in [-0.15, -0.1) is 0 Å². The molecule has 2 rings (SSSR count). The van der Waals surface area contributed by atoms with Crippen LogP contribution in [-0.2, 0) is 19.1 Å². The number of amides is 1. The number of carbonyl (C=O) groups is 2. The highest BCUT2D eigenvalue weighted by Crippen LogP contribution is 2.28. The maximum atomic E-state index is 12.1. The van der Waals surface area contributed by atoms with Crippen molar-refractivity contribution in [1.82, 2.24) is 4.90 Å². The number of rotatable bonds is 4. The predicted molar refractivity (Wildman–Crippen MR) is 62.1 cm³/mol. The van der Waals surface area contributed by atoms with Crippen molar-refractivity contribution < 1.29 is 24.2 Å². The second kappa shape index (κ2) is 5.24. The van der Waals surface area contributed by atoms with Gasteiger partial charge in [-0.3, -0.25) is 4.79 Å². The Kier molecular flexibility index (Phi) is 3.87. The number of carboxylic acid groups (broad SMARTS) is 1. The average molecular weight is 257 g/mol. The number of carboxylic acids is 1. The van der Waals surface area contributed by atoms with Gasteiger partial charge >= 0.3 is 5.97 Å². The molecule has 1 amide bonds. The molecule has 2 aliphatic heterocycles. The lowest BCUT2D eigenvalue weighted by molar-refractivity contribution is -0.177. The number of hydrogen-bond donors (Lipinski definition) is 1. The van der Waals surface area contributed by atoms with Gasteiger partial charge < -0.3 is 19.5 Å². The molecule has 1 unspecified atom stereocenters. The van der Waals surface area contributed by atoms with Crippen LogP contribution in [0.3, 0.4) is 0 Å². The van der Waals surface area contributed by atoms with Gasteiger partial charge in [-0.05, 0) is 19.8 Å². The van der Waals surface area contributed by atoms with Crippen molar-refractivity contribution in [1.29, 1.82) is 0 Å². The van der Waals surface area contributed by atoms with Crippen molar-refractivity contribution in [2.45, 2.75) is 25.4 Å². The van der Waals surface area contributed by atoms with Gasteiger partial charge in [0.1, 0.15) is 12.2 Å². The van der Waals surface area contributed by atoms with Gasteiger partial charge in [0.2, 0.25) is 5.91 Å². The lowest BCUT2D eigenvalue weighted by Gasteiger charge is -2.48. The molecular weight excluding hydrogens is 238 g/mol. The number of nitrogens with zero attached hydrogens (tertiary/aromatic N) is 1. The van der Waals surface area contributed by atoms with Crippen LogP contribution in [0.1, 0.15) is 19.8 Å². The van der Waals surface area contributed by atoms with E-state index < -0.39 is 11.6 Å². The summed E-state index contributed by atoms with van der Waals surface area (Å²) in [6.07, 6.45) is 1.80. The SMILES string of the molecule is CC1(OCC(=O)O)CN(C(=O)C2CCCOC2)C1. The van der Waals surface area contributed by atoms with Crippen LogP contribution < -0.4 is 0 Å². The molecular formula is C12H19NO5. The zero-order valence-corrected chi connectivity index (χ0v) is 10.6. The van der Waals surface area contributed by atoms with E-state index in [1.165, 1.54) is 0 Å². The van der Waals surface area contributed by atoms with Crippen LogP contribution in [0.2, 0.25) is 0 Å². The highest BCUT2D eigenvalue weighted by molar-refractivity contribution is 5.80. The zero-order valence-electron chi connectivity index (χ0n) is 10.6. The lowest BCUT2D eigenvalue weighted by Crippen LogP contribution is -2.64. The van der Waals surface area contributed by atoms with E-state index in [0.29, 0.717) is 19.7 Å². The summed E-state index contributed by atoms with van der Waals surface area (Å²) < 4.78 is 10.6. The molecule has 0 aromatic heterocycles. The summed E-state index contributed by atoms with van der Waals surface area (Å²) in [6.45, 7) is 3.69. The number of carbonyl (C=O) groups excluding carboxylic acids is 1. The van der Waals surface area contributed by atoms with Gasteiger partial charge in [0.15, 0.2) is 0 Å². The fourth-order valence-electron chi connectivity index (χ4n) is 2.44. The molecule has 2 aliphatic rings. The molecule has 2 saturated heterocycles. The second-order valence-electron chi connectivity index (χ2n) is 5.24. The standard InChI is InChI=1S/C12H19NO5/c1-12(18-6-10(14)15)7-13(8-12)11(16)9-3-2-4-17-5-9/h9H,2-8H2,1H3,(H,14,15). The third kappa shape index (κ3) is 3.00. The van der Waals surface area contributed by atoms with E-state index in [-0.39, 0.29) is 18.4 Å². The normalized spacial score (nSPS) is 26.5. The largest absolute Gasteiger partial charge is 0.480 e. The maximum absolute atomic E-state index is 12.1. The number of ether oxygens (including phenoxy) is 2. The summed E-state index contributed by atoms with van der Waals surface area (Å²) in [6, 6.07) is 0. The Labute approximate surface area is 106 Å². The molecule has 0 aliphatic carbocycles. The molecule has 0 bridgehead atoms. The zero-order chi connectivity index (χ0) is 13.2. The van der Waals surface area contributed by atoms with E-state index in [4.69, 9.17) is 14.6 Å². The molecule has 102 valence electrons. The summed E-state index contributed by atoms with van der Waals surface area (Å²) in [5.41, 5.74) is -0.510. The topological polar surface area (TPSA) is 76.1 Å². The van der Waals surface area contributed by atoms with Crippen molar-refractivity contribution in [3.63, 3.8) is 0 Å². The second-order valence-corrected chi connectivity index (χ2v) is 5.24. The first kappa shape index (κ1) is 13.3. The molecule has 1 atom stereocenters. The molecule has 0 radical (unpaired) electrons. The number of aliphatic carboxylic acids is 1. The van der Waals surface area contributed by atoms with Crippen LogP contribution in [0.5, 0.6) is 0 Å². The van der Waals surface area contributed by atoms with Gasteiger partial charge in [-0.2, -0.15) is 0 Å². The summed E-state index contributed by atoms with van der Waals surface area (Å²) >= 11 is 0. The fraction of sp³-hybridized carbons (Fsp3) is 0.833. The van der Waals surface area contributed by atoms with E-state index in [2.05, 4.69) is 0 Å². The molecule has 0 saturated carbocycles. The molecule has 2 fully saturated rings. The van der Waals surface area contributed by atoms with Crippen LogP contribution in [0.25, 0.3) is 0 Å². The summed E-state index contributed by atoms with van der Waals surface area (Å²) in [4.78, 5) is 24.2. The first-order valence-corrected chi connectivity index (χ1v) is 6.22. The molecule has 0 aromatic carbocycles. The summed E-state index contributed by atoms with van der Waals surface area (Å²) in [5.74, 6) is -0.921. The van der Waals surface area contributed by atoms with Crippen molar-refractivity contribution in [3.05, 3.63) is 0 Å². The third-order valence-corrected chi connectivity index (χ3v) is 3.42. The van der Waals surface area contributed by atoms with Crippen LogP contribution >= 0.6 is 0 Å². The Balaban J connectivity index is 1.77. The summed E-state index contributed by atoms with van der Waals surface area (Å²) in [5, 5.41) is 8.55. The fourth-order valence-corrected chi connectivity index (χ4v) is 2.44. The van der Waals surface area contributed by atoms with E-state index in [1.54, 1.807) is 4.90 Å². The van der Waals surface area contributed by atoms with Gasteiger partial charge in [-0.1, -0.05) is 0 Å². The van der Waals surface area contributed by atoms with Crippen molar-refractivity contribution in [2.24, 2.45) is 5.92 Å². The molecule has 6 heteroatoms. The van der Waals surface area contributed by atoms with Crippen molar-refractivity contribution in [3.8, 4) is 0 Å². The van der Waals surface area contributed by atoms with Crippen LogP contribution in [0, 0.1) is 5.92 Å². The van der Waals surface area contributed by atoms with Crippen LogP contribution in [0.15, 0.2) is 0 Å². The molecule has 1 N–H and O–H groups in total. The Morgan fingerprint density at radius 3 is 2.78 bits per heavy atom. The van der Waals surface area contributed by atoms with E-state index >= 15 is 0 Å². The van der Waals surface area contributed by atoms with Gasteiger partial charge in [-0.25, -0.2) is 4.79 Å². The quantitative estimate of drug-likeness (QED) is 0.774. The minimum absolute atomic E-state index is 0.0391. The first-order valence-electron chi connectivity index (χ1n) is 6.22. The molecule has 18 heavy (non-hydrogen) atoms. The summed E-state index contributed by atoms with van der Waals surface area (Å²) in [7, 11) is 0. The van der Waals surface area contributed by atoms with Gasteiger partial charge in [0, 0.05) is 6.61 Å². The van der Waals surface area contributed by atoms with Crippen molar-refractivity contribution in [2.75, 3.05) is 32.9 Å². The minimum atomic E-state index is -0.985. The minimum Gasteiger partial charge on any atom is -0.480 e. The molecule has 6 nitrogen and oxygen atoms in total. The van der Waals surface area contributed by atoms with E-state index in [0.717, 1.165) is 19.4 Å². The Hall–Kier alpha value is -1.14. The van der Waals surface area contributed by atoms with Crippen LogP contribution in [0.4, 0.5) is 0 Å². The van der Waals surface area contributed by atoms with E-state index in [1.807, 2.05) is 6.92 Å². The Bertz CT molecular complexity index is 331. The molecule has 2 heterocycles. The van der Waals surface area contributed by atoms with Gasteiger partial charge in [0.25, 0.3) is 0 Å². The third-order valence-electron chi connectivity index (χ3n) is 3.42. The van der Waals surface area contributed by atoms with Crippen LogP contribution in [-0.4, -0.2) is 60.4 Å². The highest BCUT2D eigenvalue weighted by Gasteiger charge is 2.44. The highest BCUT2D eigenvalue weighted by atomic mass is 16.5. The maximum Gasteiger partial charge on any atom is 0.329 e.